The molecule has 5 heterocycles. The Morgan fingerprint density at radius 3 is 2.18 bits per heavy atom. The molecule has 1 N–H and O–H groups in total. The highest BCUT2D eigenvalue weighted by Crippen LogP contribution is 2.54. The molecule has 9 heteroatoms. The molecule has 1 fully saturated rings. The summed E-state index contributed by atoms with van der Waals surface area (Å²) >= 11 is 0. The fourth-order valence-electron chi connectivity index (χ4n) is 8.69. The smallest absolute Gasteiger partial charge is 0.204 e. The number of methoxy groups -OCH3 is 3. The summed E-state index contributed by atoms with van der Waals surface area (Å²) in [6.45, 7) is 4.70. The summed E-state index contributed by atoms with van der Waals surface area (Å²) in [5.74, 6) is 4.55. The monoisotopic (exact) mass is 691 g/mol. The topological polar surface area (TPSA) is 76.1 Å². The number of phenols is 1. The molecule has 0 saturated carbocycles. The molecular formula is C42H49N3O6. The first-order chi connectivity index (χ1) is 24.8. The average molecular weight is 692 g/mol. The maximum absolute atomic E-state index is 11.6. The third-order valence-corrected chi connectivity index (χ3v) is 11.5. The first-order valence-electron chi connectivity index (χ1n) is 18.2. The highest BCUT2D eigenvalue weighted by Gasteiger charge is 2.37. The number of fused-ring (bicyclic) bond motifs is 2. The first-order valence-corrected chi connectivity index (χ1v) is 18.2. The SMILES string of the molecule is COc1ccc2cc1Oc1ccc(cc1)C[C@H]1c3cc(c(O)cc3CCN1C)Oc1c(OC)c(OC)c(CN3CCCC3)c3c1[C@H](C2)N(C)CC3. The number of hydrogen-bond acceptors (Lipinski definition) is 9. The van der Waals surface area contributed by atoms with E-state index in [2.05, 4.69) is 59.1 Å². The van der Waals surface area contributed by atoms with Crippen LogP contribution >= 0.6 is 0 Å². The van der Waals surface area contributed by atoms with Gasteiger partial charge in [-0.15, -0.1) is 0 Å². The molecule has 0 aliphatic carbocycles. The summed E-state index contributed by atoms with van der Waals surface area (Å²) in [7, 11) is 9.44. The third kappa shape index (κ3) is 6.26. The molecule has 0 amide bonds. The summed E-state index contributed by atoms with van der Waals surface area (Å²) < 4.78 is 31.8. The summed E-state index contributed by atoms with van der Waals surface area (Å²) in [6, 6.07) is 18.6. The van der Waals surface area contributed by atoms with Crippen molar-refractivity contribution >= 4 is 0 Å². The van der Waals surface area contributed by atoms with Crippen LogP contribution in [-0.2, 0) is 32.2 Å². The van der Waals surface area contributed by atoms with Crippen LogP contribution in [0.2, 0.25) is 0 Å². The van der Waals surface area contributed by atoms with Crippen LogP contribution in [0.5, 0.6) is 46.0 Å². The lowest BCUT2D eigenvalue weighted by atomic mass is 9.84. The molecule has 0 spiro atoms. The van der Waals surface area contributed by atoms with E-state index in [1.165, 1.54) is 24.0 Å². The second-order valence-electron chi connectivity index (χ2n) is 14.5. The number of nitrogens with zero attached hydrogens (tertiary/aromatic N) is 3. The summed E-state index contributed by atoms with van der Waals surface area (Å²) in [4.78, 5) is 7.31. The highest BCUT2D eigenvalue weighted by molar-refractivity contribution is 5.67. The minimum absolute atomic E-state index is 0.0565. The van der Waals surface area contributed by atoms with Gasteiger partial charge in [-0.2, -0.15) is 0 Å². The van der Waals surface area contributed by atoms with Crippen molar-refractivity contribution in [3.63, 3.8) is 0 Å². The molecule has 5 aliphatic heterocycles. The van der Waals surface area contributed by atoms with Crippen LogP contribution < -0.4 is 23.7 Å². The van der Waals surface area contributed by atoms with Crippen LogP contribution in [0.1, 0.15) is 63.9 Å². The van der Waals surface area contributed by atoms with E-state index in [1.54, 1.807) is 21.3 Å². The van der Waals surface area contributed by atoms with Gasteiger partial charge in [0.15, 0.2) is 34.5 Å². The van der Waals surface area contributed by atoms with Crippen molar-refractivity contribution in [1.29, 1.82) is 0 Å². The fourth-order valence-corrected chi connectivity index (χ4v) is 8.69. The number of likely N-dealkylation sites (N-methyl/N-ethyl adjacent to an activating group) is 2. The number of phenolic OH excluding ortho intramolecular Hbond substituents is 1. The number of aromatic hydroxyl groups is 1. The molecule has 5 aliphatic rings. The molecule has 0 radical (unpaired) electrons. The van der Waals surface area contributed by atoms with Crippen molar-refractivity contribution in [2.45, 2.75) is 57.2 Å². The zero-order chi connectivity index (χ0) is 35.2. The van der Waals surface area contributed by atoms with E-state index in [-0.39, 0.29) is 17.8 Å². The molecule has 2 atom stereocenters. The van der Waals surface area contributed by atoms with Crippen LogP contribution in [0.15, 0.2) is 54.6 Å². The number of likely N-dealkylation sites (tertiary alicyclic amines) is 1. The van der Waals surface area contributed by atoms with Crippen molar-refractivity contribution in [3.05, 3.63) is 93.5 Å². The number of ether oxygens (including phenoxy) is 5. The summed E-state index contributed by atoms with van der Waals surface area (Å²) in [5.41, 5.74) is 8.10. The average Bonchev–Trinajstić information content (AvgIpc) is 3.65. The van der Waals surface area contributed by atoms with Crippen molar-refractivity contribution in [3.8, 4) is 46.0 Å². The number of rotatable bonds is 5. The van der Waals surface area contributed by atoms with E-state index < -0.39 is 0 Å². The van der Waals surface area contributed by atoms with E-state index in [4.69, 9.17) is 23.7 Å². The Morgan fingerprint density at radius 1 is 0.725 bits per heavy atom. The van der Waals surface area contributed by atoms with Crippen LogP contribution in [0, 0.1) is 0 Å². The van der Waals surface area contributed by atoms with Crippen molar-refractivity contribution in [1.82, 2.24) is 14.7 Å². The Kier molecular flexibility index (Phi) is 9.21. The van der Waals surface area contributed by atoms with Gasteiger partial charge >= 0.3 is 0 Å². The van der Waals surface area contributed by atoms with Gasteiger partial charge in [0, 0.05) is 42.8 Å². The van der Waals surface area contributed by atoms with Gasteiger partial charge in [-0.1, -0.05) is 18.2 Å². The van der Waals surface area contributed by atoms with Crippen molar-refractivity contribution in [2.75, 3.05) is 61.6 Å². The summed E-state index contributed by atoms with van der Waals surface area (Å²) in [5, 5.41) is 11.6. The zero-order valence-corrected chi connectivity index (χ0v) is 30.5. The second kappa shape index (κ2) is 13.9. The molecule has 6 bridgehead atoms. The van der Waals surface area contributed by atoms with Gasteiger partial charge in [-0.05, 0) is 130 Å². The maximum atomic E-state index is 11.6. The van der Waals surface area contributed by atoms with E-state index >= 15 is 0 Å². The normalized spacial score (nSPS) is 20.5. The lowest BCUT2D eigenvalue weighted by Crippen LogP contribution is -2.35. The molecule has 4 aromatic carbocycles. The number of hydrogen-bond donors (Lipinski definition) is 1. The van der Waals surface area contributed by atoms with Gasteiger partial charge in [0.2, 0.25) is 5.75 Å². The standard InChI is InChI=1S/C42H49N3O6/c1-43-18-14-28-23-35(46)37-24-31(28)33(43)20-26-8-11-29(12-9-26)50-38-22-27(10-13-36(38)47-3)21-34-39-30(15-19-44(34)2)32(25-45-16-6-7-17-45)40(48-4)42(49-5)41(39)51-37/h8-13,22-24,33-34,46H,6-7,14-21,25H2,1-5H3/t33-,34-/m0/s1. The van der Waals surface area contributed by atoms with Gasteiger partial charge < -0.3 is 28.8 Å². The Bertz CT molecular complexity index is 1920. The Morgan fingerprint density at radius 2 is 1.43 bits per heavy atom. The van der Waals surface area contributed by atoms with Gasteiger partial charge in [-0.3, -0.25) is 14.7 Å². The molecule has 9 rings (SSSR count). The van der Waals surface area contributed by atoms with Crippen molar-refractivity contribution < 1.29 is 28.8 Å². The predicted molar refractivity (Wildman–Crippen MR) is 197 cm³/mol. The van der Waals surface area contributed by atoms with E-state index in [1.807, 2.05) is 24.3 Å². The second-order valence-corrected chi connectivity index (χ2v) is 14.5. The van der Waals surface area contributed by atoms with Crippen LogP contribution in [0.25, 0.3) is 0 Å². The van der Waals surface area contributed by atoms with E-state index in [0.717, 1.165) is 85.6 Å². The molecule has 4 aromatic rings. The first kappa shape index (κ1) is 33.7. The molecule has 51 heavy (non-hydrogen) atoms. The van der Waals surface area contributed by atoms with Gasteiger partial charge in [0.25, 0.3) is 0 Å². The predicted octanol–water partition coefficient (Wildman–Crippen LogP) is 7.46. The van der Waals surface area contributed by atoms with Crippen LogP contribution in [0.4, 0.5) is 0 Å². The number of benzene rings is 4. The van der Waals surface area contributed by atoms with Gasteiger partial charge in [0.1, 0.15) is 5.75 Å². The molecule has 0 aromatic heterocycles. The van der Waals surface area contributed by atoms with E-state index in [0.29, 0.717) is 40.9 Å². The van der Waals surface area contributed by atoms with Crippen LogP contribution in [-0.4, -0.2) is 81.4 Å². The third-order valence-electron chi connectivity index (χ3n) is 11.5. The summed E-state index contributed by atoms with van der Waals surface area (Å²) in [6.07, 6.45) is 5.60. The lowest BCUT2D eigenvalue weighted by Gasteiger charge is -2.39. The lowest BCUT2D eigenvalue weighted by molar-refractivity contribution is 0.217. The maximum Gasteiger partial charge on any atom is 0.204 e. The molecule has 0 unspecified atom stereocenters. The Balaban J connectivity index is 1.36. The van der Waals surface area contributed by atoms with Crippen LogP contribution in [0.3, 0.4) is 0 Å². The van der Waals surface area contributed by atoms with E-state index in [9.17, 15) is 5.11 Å². The Labute approximate surface area is 301 Å². The minimum Gasteiger partial charge on any atom is -0.504 e. The Hall–Kier alpha value is -4.44. The molecular weight excluding hydrogens is 642 g/mol. The fraction of sp³-hybridized carbons (Fsp3) is 0.429. The zero-order valence-electron chi connectivity index (χ0n) is 30.5. The van der Waals surface area contributed by atoms with Crippen molar-refractivity contribution in [2.24, 2.45) is 0 Å². The molecule has 1 saturated heterocycles. The quantitative estimate of drug-likeness (QED) is 0.230. The van der Waals surface area contributed by atoms with Gasteiger partial charge in [0.05, 0.1) is 21.3 Å². The minimum atomic E-state index is -0.0565. The largest absolute Gasteiger partial charge is 0.504 e. The van der Waals surface area contributed by atoms with Gasteiger partial charge in [-0.25, -0.2) is 0 Å². The molecule has 9 nitrogen and oxygen atoms in total. The highest BCUT2D eigenvalue weighted by atomic mass is 16.5. The molecule has 268 valence electrons.